The summed E-state index contributed by atoms with van der Waals surface area (Å²) in [7, 11) is -2.03. The van der Waals surface area contributed by atoms with E-state index in [-0.39, 0.29) is 12.5 Å². The first-order valence-electron chi connectivity index (χ1n) is 8.97. The molecule has 0 aliphatic carbocycles. The van der Waals surface area contributed by atoms with Crippen molar-refractivity contribution in [1.29, 1.82) is 0 Å². The van der Waals surface area contributed by atoms with Gasteiger partial charge in [-0.15, -0.1) is 0 Å². The zero-order valence-electron chi connectivity index (χ0n) is 16.1. The Morgan fingerprint density at radius 3 is 2.37 bits per heavy atom. The number of benzene rings is 3. The Morgan fingerprint density at radius 2 is 1.70 bits per heavy atom. The SMILES string of the molecule is COc1cc(C)c(S(=O)(=O)NCc2ccc3ccccc3c2)cc1C(C)C. The molecule has 0 atom stereocenters. The van der Waals surface area contributed by atoms with Crippen LogP contribution in [-0.4, -0.2) is 15.5 Å². The zero-order valence-corrected chi connectivity index (χ0v) is 16.9. The van der Waals surface area contributed by atoms with Crippen LogP contribution >= 0.6 is 0 Å². The van der Waals surface area contributed by atoms with Crippen LogP contribution in [0.5, 0.6) is 5.75 Å². The molecule has 0 radical (unpaired) electrons. The minimum absolute atomic E-state index is 0.162. The lowest BCUT2D eigenvalue weighted by Gasteiger charge is -2.16. The number of rotatable bonds is 6. The molecule has 0 amide bonds. The van der Waals surface area contributed by atoms with Gasteiger partial charge in [0.25, 0.3) is 0 Å². The fraction of sp³-hybridized carbons (Fsp3) is 0.273. The number of nitrogens with one attached hydrogen (secondary N) is 1. The van der Waals surface area contributed by atoms with Gasteiger partial charge in [0.1, 0.15) is 5.75 Å². The highest BCUT2D eigenvalue weighted by atomic mass is 32.2. The molecule has 0 heterocycles. The number of hydrogen-bond acceptors (Lipinski definition) is 3. The fourth-order valence-electron chi connectivity index (χ4n) is 3.20. The smallest absolute Gasteiger partial charge is 0.241 e. The molecule has 3 aromatic rings. The highest BCUT2D eigenvalue weighted by Gasteiger charge is 2.20. The largest absolute Gasteiger partial charge is 0.496 e. The van der Waals surface area contributed by atoms with E-state index in [1.54, 1.807) is 26.2 Å². The van der Waals surface area contributed by atoms with Crippen LogP contribution in [0.25, 0.3) is 10.8 Å². The average molecular weight is 384 g/mol. The lowest BCUT2D eigenvalue weighted by Crippen LogP contribution is -2.24. The molecule has 0 aliphatic heterocycles. The van der Waals surface area contributed by atoms with Crippen LogP contribution in [-0.2, 0) is 16.6 Å². The molecule has 0 saturated heterocycles. The predicted molar refractivity (Wildman–Crippen MR) is 110 cm³/mol. The molecule has 5 heteroatoms. The number of ether oxygens (including phenoxy) is 1. The summed E-state index contributed by atoms with van der Waals surface area (Å²) >= 11 is 0. The third kappa shape index (κ3) is 4.15. The van der Waals surface area contributed by atoms with E-state index in [1.165, 1.54) is 0 Å². The number of hydrogen-bond donors (Lipinski definition) is 1. The average Bonchev–Trinajstić information content (AvgIpc) is 2.65. The Labute approximate surface area is 161 Å². The van der Waals surface area contributed by atoms with E-state index >= 15 is 0 Å². The van der Waals surface area contributed by atoms with Crippen LogP contribution in [0.15, 0.2) is 59.5 Å². The highest BCUT2D eigenvalue weighted by molar-refractivity contribution is 7.89. The molecular formula is C22H25NO3S. The molecule has 1 N–H and O–H groups in total. The van der Waals surface area contributed by atoms with Gasteiger partial charge in [0, 0.05) is 6.54 Å². The highest BCUT2D eigenvalue weighted by Crippen LogP contribution is 2.31. The summed E-state index contributed by atoms with van der Waals surface area (Å²) in [6.07, 6.45) is 0. The summed E-state index contributed by atoms with van der Waals surface area (Å²) < 4.78 is 34.0. The quantitative estimate of drug-likeness (QED) is 0.668. The second-order valence-corrected chi connectivity index (χ2v) is 8.76. The second-order valence-electron chi connectivity index (χ2n) is 7.02. The van der Waals surface area contributed by atoms with E-state index < -0.39 is 10.0 Å². The van der Waals surface area contributed by atoms with Gasteiger partial charge in [-0.2, -0.15) is 0 Å². The molecule has 3 rings (SSSR count). The van der Waals surface area contributed by atoms with Crippen molar-refractivity contribution >= 4 is 20.8 Å². The first kappa shape index (κ1) is 19.4. The van der Waals surface area contributed by atoms with E-state index in [4.69, 9.17) is 4.74 Å². The Bertz CT molecular complexity index is 1070. The summed E-state index contributed by atoms with van der Waals surface area (Å²) in [5, 5.41) is 2.23. The van der Waals surface area contributed by atoms with Crippen molar-refractivity contribution in [2.45, 2.75) is 38.1 Å². The molecule has 3 aromatic carbocycles. The van der Waals surface area contributed by atoms with E-state index in [0.29, 0.717) is 10.5 Å². The summed E-state index contributed by atoms with van der Waals surface area (Å²) in [4.78, 5) is 0.299. The first-order valence-corrected chi connectivity index (χ1v) is 10.5. The summed E-state index contributed by atoms with van der Waals surface area (Å²) in [5.74, 6) is 0.881. The van der Waals surface area contributed by atoms with Crippen molar-refractivity contribution in [2.24, 2.45) is 0 Å². The third-order valence-electron chi connectivity index (χ3n) is 4.72. The molecule has 0 unspecified atom stereocenters. The van der Waals surface area contributed by atoms with Gasteiger partial charge in [-0.1, -0.05) is 50.2 Å². The molecule has 4 nitrogen and oxygen atoms in total. The van der Waals surface area contributed by atoms with Crippen LogP contribution in [0.4, 0.5) is 0 Å². The molecule has 0 aromatic heterocycles. The maximum absolute atomic E-state index is 12.9. The number of sulfonamides is 1. The molecule has 142 valence electrons. The van der Waals surface area contributed by atoms with Crippen molar-refractivity contribution in [1.82, 2.24) is 4.72 Å². The number of fused-ring (bicyclic) bond motifs is 1. The van der Waals surface area contributed by atoms with Crippen molar-refractivity contribution in [3.8, 4) is 5.75 Å². The monoisotopic (exact) mass is 383 g/mol. The Morgan fingerprint density at radius 1 is 1.00 bits per heavy atom. The minimum atomic E-state index is -3.63. The van der Waals surface area contributed by atoms with E-state index in [0.717, 1.165) is 27.6 Å². The van der Waals surface area contributed by atoms with Crippen molar-refractivity contribution in [3.05, 3.63) is 71.3 Å². The van der Waals surface area contributed by atoms with E-state index in [9.17, 15) is 8.42 Å². The minimum Gasteiger partial charge on any atom is -0.496 e. The number of methoxy groups -OCH3 is 1. The van der Waals surface area contributed by atoms with Gasteiger partial charge in [0.05, 0.1) is 12.0 Å². The Hall–Kier alpha value is -2.37. The molecule has 27 heavy (non-hydrogen) atoms. The van der Waals surface area contributed by atoms with Crippen LogP contribution in [0.3, 0.4) is 0 Å². The van der Waals surface area contributed by atoms with Crippen molar-refractivity contribution < 1.29 is 13.2 Å². The van der Waals surface area contributed by atoms with Gasteiger partial charge < -0.3 is 4.74 Å². The lowest BCUT2D eigenvalue weighted by molar-refractivity contribution is 0.406. The van der Waals surface area contributed by atoms with E-state index in [1.807, 2.05) is 56.3 Å². The van der Waals surface area contributed by atoms with Crippen molar-refractivity contribution in [2.75, 3.05) is 7.11 Å². The van der Waals surface area contributed by atoms with Crippen molar-refractivity contribution in [3.63, 3.8) is 0 Å². The molecule has 0 spiro atoms. The summed E-state index contributed by atoms with van der Waals surface area (Å²) in [6.45, 7) is 6.07. The van der Waals surface area contributed by atoms with Gasteiger partial charge in [0.2, 0.25) is 10.0 Å². The van der Waals surface area contributed by atoms with Crippen LogP contribution in [0, 0.1) is 6.92 Å². The normalized spacial score (nSPS) is 11.9. The Kier molecular flexibility index (Phi) is 5.53. The standard InChI is InChI=1S/C22H25NO3S/c1-15(2)20-13-22(16(3)11-21(20)26-4)27(24,25)23-14-17-9-10-18-7-5-6-8-19(18)12-17/h5-13,15,23H,14H2,1-4H3. The third-order valence-corrected chi connectivity index (χ3v) is 6.26. The van der Waals surface area contributed by atoms with Gasteiger partial charge in [-0.3, -0.25) is 0 Å². The predicted octanol–water partition coefficient (Wildman–Crippen LogP) is 4.76. The molecule has 0 bridgehead atoms. The molecule has 0 saturated carbocycles. The van der Waals surface area contributed by atoms with Crippen LogP contribution in [0.2, 0.25) is 0 Å². The van der Waals surface area contributed by atoms with Gasteiger partial charge in [-0.25, -0.2) is 13.1 Å². The maximum Gasteiger partial charge on any atom is 0.241 e. The Balaban J connectivity index is 1.88. The van der Waals surface area contributed by atoms with Crippen LogP contribution < -0.4 is 9.46 Å². The first-order chi connectivity index (χ1) is 12.8. The van der Waals surface area contributed by atoms with E-state index in [2.05, 4.69) is 4.72 Å². The maximum atomic E-state index is 12.9. The topological polar surface area (TPSA) is 55.4 Å². The molecular weight excluding hydrogens is 358 g/mol. The van der Waals surface area contributed by atoms with Crippen LogP contribution in [0.1, 0.15) is 36.5 Å². The zero-order chi connectivity index (χ0) is 19.6. The molecule has 0 fully saturated rings. The fourth-order valence-corrected chi connectivity index (χ4v) is 4.48. The molecule has 0 aliphatic rings. The number of aryl methyl sites for hydroxylation is 1. The summed E-state index contributed by atoms with van der Waals surface area (Å²) in [5.41, 5.74) is 2.48. The van der Waals surface area contributed by atoms with Gasteiger partial charge >= 0.3 is 0 Å². The second kappa shape index (κ2) is 7.71. The summed E-state index contributed by atoms with van der Waals surface area (Å²) in [6, 6.07) is 17.5. The van der Waals surface area contributed by atoms with Gasteiger partial charge in [-0.05, 0) is 58.5 Å². The lowest BCUT2D eigenvalue weighted by atomic mass is 10.0. The van der Waals surface area contributed by atoms with Gasteiger partial charge in [0.15, 0.2) is 0 Å².